The second-order valence-corrected chi connectivity index (χ2v) is 4.80. The van der Waals surface area contributed by atoms with Crippen LogP contribution < -0.4 is 11.1 Å². The van der Waals surface area contributed by atoms with Gasteiger partial charge >= 0.3 is 0 Å². The molecule has 1 heterocycles. The summed E-state index contributed by atoms with van der Waals surface area (Å²) in [6.45, 7) is 4.22. The van der Waals surface area contributed by atoms with Crippen LogP contribution in [0, 0.1) is 0 Å². The molecule has 0 aromatic carbocycles. The van der Waals surface area contributed by atoms with E-state index in [4.69, 9.17) is 5.73 Å². The Morgan fingerprint density at radius 1 is 1.50 bits per heavy atom. The third-order valence-corrected chi connectivity index (χ3v) is 3.05. The van der Waals surface area contributed by atoms with E-state index >= 15 is 0 Å². The lowest BCUT2D eigenvalue weighted by molar-refractivity contribution is 0.0929. The number of nitrogen functional groups attached to an aromatic ring is 1. The number of unbranched alkanes of at least 4 members (excludes halogenated alkanes) is 3. The van der Waals surface area contributed by atoms with Gasteiger partial charge in [-0.05, 0) is 13.3 Å². The summed E-state index contributed by atoms with van der Waals surface area (Å²) in [5, 5.41) is 6.92. The molecule has 1 rings (SSSR count). The van der Waals surface area contributed by atoms with Crippen LogP contribution in [0.5, 0.6) is 0 Å². The van der Waals surface area contributed by atoms with Crippen molar-refractivity contribution in [3.8, 4) is 0 Å². The minimum Gasteiger partial charge on any atom is -0.396 e. The topological polar surface area (TPSA) is 72.9 Å². The highest BCUT2D eigenvalue weighted by Crippen LogP contribution is 2.10. The second kappa shape index (κ2) is 7.03. The maximum atomic E-state index is 12.0. The Labute approximate surface area is 109 Å². The number of nitrogens with two attached hydrogens (primary N) is 1. The lowest BCUT2D eigenvalue weighted by Gasteiger charge is -2.14. The van der Waals surface area contributed by atoms with Crippen LogP contribution in [0.2, 0.25) is 0 Å². The smallest absolute Gasteiger partial charge is 0.271 e. The molecule has 0 fully saturated rings. The molecule has 0 aliphatic carbocycles. The van der Waals surface area contributed by atoms with Crippen LogP contribution in [0.3, 0.4) is 0 Å². The maximum Gasteiger partial charge on any atom is 0.271 e. The molecule has 0 radical (unpaired) electrons. The van der Waals surface area contributed by atoms with Gasteiger partial charge in [0.15, 0.2) is 0 Å². The maximum absolute atomic E-state index is 12.0. The van der Waals surface area contributed by atoms with Crippen molar-refractivity contribution in [2.75, 3.05) is 5.73 Å². The Morgan fingerprint density at radius 2 is 2.22 bits per heavy atom. The third kappa shape index (κ3) is 4.05. The zero-order chi connectivity index (χ0) is 13.5. The molecule has 0 bridgehead atoms. The van der Waals surface area contributed by atoms with E-state index in [2.05, 4.69) is 17.3 Å². The van der Waals surface area contributed by atoms with Crippen molar-refractivity contribution in [1.82, 2.24) is 15.1 Å². The number of carbonyl (C=O) groups is 1. The first-order valence-corrected chi connectivity index (χ1v) is 6.64. The molecule has 0 saturated carbocycles. The van der Waals surface area contributed by atoms with Gasteiger partial charge in [0.2, 0.25) is 0 Å². The van der Waals surface area contributed by atoms with Crippen LogP contribution in [0.25, 0.3) is 0 Å². The molecule has 3 N–H and O–H groups in total. The summed E-state index contributed by atoms with van der Waals surface area (Å²) < 4.78 is 1.51. The Morgan fingerprint density at radius 3 is 2.78 bits per heavy atom. The number of hydrogen-bond acceptors (Lipinski definition) is 3. The van der Waals surface area contributed by atoms with E-state index < -0.39 is 0 Å². The summed E-state index contributed by atoms with van der Waals surface area (Å²) in [4.78, 5) is 12.0. The third-order valence-electron chi connectivity index (χ3n) is 3.05. The lowest BCUT2D eigenvalue weighted by atomic mass is 10.1. The number of aromatic nitrogens is 2. The first-order chi connectivity index (χ1) is 8.56. The highest BCUT2D eigenvalue weighted by atomic mass is 16.2. The van der Waals surface area contributed by atoms with Gasteiger partial charge in [-0.2, -0.15) is 5.10 Å². The van der Waals surface area contributed by atoms with Gasteiger partial charge in [0.1, 0.15) is 5.69 Å². The molecule has 0 saturated heterocycles. The normalized spacial score (nSPS) is 12.4. The summed E-state index contributed by atoms with van der Waals surface area (Å²) in [6, 6.07) is 0.170. The van der Waals surface area contributed by atoms with Crippen molar-refractivity contribution in [2.24, 2.45) is 7.05 Å². The molecule has 1 unspecified atom stereocenters. The summed E-state index contributed by atoms with van der Waals surface area (Å²) in [6.07, 6.45) is 7.37. The van der Waals surface area contributed by atoms with Gasteiger partial charge in [-0.1, -0.05) is 32.6 Å². The summed E-state index contributed by atoms with van der Waals surface area (Å²) in [5.74, 6) is -0.143. The Bertz CT molecular complexity index is 367. The van der Waals surface area contributed by atoms with E-state index in [0.29, 0.717) is 11.4 Å². The monoisotopic (exact) mass is 252 g/mol. The molecule has 1 amide bonds. The number of amides is 1. The van der Waals surface area contributed by atoms with Crippen LogP contribution in [-0.4, -0.2) is 21.7 Å². The Balaban J connectivity index is 2.40. The van der Waals surface area contributed by atoms with E-state index in [1.165, 1.54) is 30.1 Å². The Kier molecular flexibility index (Phi) is 5.68. The molecule has 1 aromatic rings. The van der Waals surface area contributed by atoms with E-state index in [9.17, 15) is 4.79 Å². The molecule has 5 heteroatoms. The zero-order valence-corrected chi connectivity index (χ0v) is 11.6. The second-order valence-electron chi connectivity index (χ2n) is 4.80. The average molecular weight is 252 g/mol. The predicted octanol–water partition coefficient (Wildman–Crippen LogP) is 2.09. The fraction of sp³-hybridized carbons (Fsp3) is 0.692. The highest BCUT2D eigenvalue weighted by molar-refractivity contribution is 5.97. The van der Waals surface area contributed by atoms with Gasteiger partial charge in [-0.25, -0.2) is 0 Å². The van der Waals surface area contributed by atoms with E-state index in [1.54, 1.807) is 7.05 Å². The number of anilines is 1. The number of hydrogen-bond donors (Lipinski definition) is 2. The van der Waals surface area contributed by atoms with Crippen molar-refractivity contribution in [1.29, 1.82) is 0 Å². The SMILES string of the molecule is CCCCCCC(C)NC(=O)c1c(N)cnn1C. The van der Waals surface area contributed by atoms with Crippen LogP contribution >= 0.6 is 0 Å². The van der Waals surface area contributed by atoms with Gasteiger partial charge in [-0.3, -0.25) is 9.48 Å². The minimum atomic E-state index is -0.143. The van der Waals surface area contributed by atoms with Crippen molar-refractivity contribution in [2.45, 2.75) is 52.0 Å². The van der Waals surface area contributed by atoms with Crippen molar-refractivity contribution in [3.63, 3.8) is 0 Å². The molecule has 18 heavy (non-hydrogen) atoms. The summed E-state index contributed by atoms with van der Waals surface area (Å²) in [5.41, 5.74) is 6.58. The molecule has 0 aliphatic heterocycles. The van der Waals surface area contributed by atoms with Crippen LogP contribution in [-0.2, 0) is 7.05 Å². The Hall–Kier alpha value is -1.52. The fourth-order valence-electron chi connectivity index (χ4n) is 1.97. The van der Waals surface area contributed by atoms with Gasteiger partial charge in [-0.15, -0.1) is 0 Å². The number of aryl methyl sites for hydroxylation is 1. The van der Waals surface area contributed by atoms with Crippen LogP contribution in [0.1, 0.15) is 56.4 Å². The quantitative estimate of drug-likeness (QED) is 0.730. The molecular weight excluding hydrogens is 228 g/mol. The summed E-state index contributed by atoms with van der Waals surface area (Å²) in [7, 11) is 1.72. The van der Waals surface area contributed by atoms with Gasteiger partial charge < -0.3 is 11.1 Å². The molecular formula is C13H24N4O. The predicted molar refractivity (Wildman–Crippen MR) is 73.3 cm³/mol. The molecule has 0 aliphatic rings. The largest absolute Gasteiger partial charge is 0.396 e. The van der Waals surface area contributed by atoms with Gasteiger partial charge in [0.25, 0.3) is 5.91 Å². The van der Waals surface area contributed by atoms with Gasteiger partial charge in [0.05, 0.1) is 11.9 Å². The van der Waals surface area contributed by atoms with Crippen molar-refractivity contribution < 1.29 is 4.79 Å². The summed E-state index contributed by atoms with van der Waals surface area (Å²) >= 11 is 0. The zero-order valence-electron chi connectivity index (χ0n) is 11.6. The number of nitrogens with zero attached hydrogens (tertiary/aromatic N) is 2. The first kappa shape index (κ1) is 14.5. The average Bonchev–Trinajstić information content (AvgIpc) is 2.64. The first-order valence-electron chi connectivity index (χ1n) is 6.64. The fourth-order valence-corrected chi connectivity index (χ4v) is 1.97. The molecule has 1 atom stereocenters. The van der Waals surface area contributed by atoms with E-state index in [0.717, 1.165) is 12.8 Å². The molecule has 5 nitrogen and oxygen atoms in total. The van der Waals surface area contributed by atoms with Crippen LogP contribution in [0.4, 0.5) is 5.69 Å². The highest BCUT2D eigenvalue weighted by Gasteiger charge is 2.16. The molecule has 1 aromatic heterocycles. The van der Waals surface area contributed by atoms with Crippen molar-refractivity contribution >= 4 is 11.6 Å². The van der Waals surface area contributed by atoms with E-state index in [-0.39, 0.29) is 11.9 Å². The lowest BCUT2D eigenvalue weighted by Crippen LogP contribution is -2.34. The number of rotatable bonds is 7. The minimum absolute atomic E-state index is 0.143. The van der Waals surface area contributed by atoms with Crippen molar-refractivity contribution in [3.05, 3.63) is 11.9 Å². The molecule has 0 spiro atoms. The number of nitrogens with one attached hydrogen (secondary N) is 1. The number of carbonyl (C=O) groups excluding carboxylic acids is 1. The molecule has 102 valence electrons. The van der Waals surface area contributed by atoms with Crippen LogP contribution in [0.15, 0.2) is 6.20 Å². The standard InChI is InChI=1S/C13H24N4O/c1-4-5-6-7-8-10(2)16-13(18)12-11(14)9-15-17(12)3/h9-10H,4-8,14H2,1-3H3,(H,16,18). The van der Waals surface area contributed by atoms with E-state index in [1.807, 2.05) is 6.92 Å². The van der Waals surface area contributed by atoms with Gasteiger partial charge in [0, 0.05) is 13.1 Å².